The second kappa shape index (κ2) is 6.34. The van der Waals surface area contributed by atoms with Crippen molar-refractivity contribution >= 4 is 28.5 Å². The average molecular weight is 322 g/mol. The molecule has 1 aromatic carbocycles. The zero-order valence-corrected chi connectivity index (χ0v) is 13.1. The summed E-state index contributed by atoms with van der Waals surface area (Å²) in [6.07, 6.45) is 3.36. The van der Waals surface area contributed by atoms with Crippen LogP contribution in [0.5, 0.6) is 0 Å². The minimum atomic E-state index is -1.17. The lowest BCUT2D eigenvalue weighted by Gasteiger charge is -2.13. The predicted octanol–water partition coefficient (Wildman–Crippen LogP) is 1.89. The topological polar surface area (TPSA) is 106 Å². The fraction of sp³-hybridized carbons (Fsp3) is 0.188. The number of methoxy groups -OCH3 is 1. The van der Waals surface area contributed by atoms with E-state index in [4.69, 9.17) is 4.74 Å². The maximum atomic E-state index is 11.9. The van der Waals surface area contributed by atoms with Crippen LogP contribution in [0.1, 0.15) is 11.6 Å². The minimum absolute atomic E-state index is 0.215. The fourth-order valence-corrected chi connectivity index (χ4v) is 2.27. The number of benzene rings is 1. The maximum Gasteiger partial charge on any atom is 0.329 e. The second-order valence-corrected chi connectivity index (χ2v) is 5.06. The first-order chi connectivity index (χ1) is 11.6. The zero-order chi connectivity index (χ0) is 17.1. The van der Waals surface area contributed by atoms with Crippen LogP contribution in [-0.2, 0) is 16.6 Å². The van der Waals surface area contributed by atoms with Gasteiger partial charge in [0, 0.05) is 13.2 Å². The molecule has 0 fully saturated rings. The molecular weight excluding hydrogens is 308 g/mol. The number of esters is 1. The van der Waals surface area contributed by atoms with Gasteiger partial charge in [-0.1, -0.05) is 12.1 Å². The summed E-state index contributed by atoms with van der Waals surface area (Å²) in [4.78, 5) is 20.9. The molecule has 0 aliphatic heterocycles. The zero-order valence-electron chi connectivity index (χ0n) is 13.1. The number of nitrogens with zero attached hydrogens (tertiary/aromatic N) is 5. The number of hydrogen-bond acceptors (Lipinski definition) is 7. The molecule has 2 heterocycles. The molecule has 0 amide bonds. The third-order valence-corrected chi connectivity index (χ3v) is 3.40. The molecule has 0 unspecified atom stereocenters. The van der Waals surface area contributed by atoms with E-state index in [9.17, 15) is 10.1 Å². The number of aromatic nitrogens is 4. The third-order valence-electron chi connectivity index (χ3n) is 3.40. The van der Waals surface area contributed by atoms with Crippen LogP contribution < -0.4 is 5.32 Å². The summed E-state index contributed by atoms with van der Waals surface area (Å²) in [5.74, 6) is -1.54. The summed E-state index contributed by atoms with van der Waals surface area (Å²) in [6.45, 7) is 0. The first kappa shape index (κ1) is 15.4. The van der Waals surface area contributed by atoms with Gasteiger partial charge in [-0.3, -0.25) is 9.48 Å². The van der Waals surface area contributed by atoms with Crippen LogP contribution in [0.15, 0.2) is 36.7 Å². The Morgan fingerprint density at radius 1 is 1.33 bits per heavy atom. The van der Waals surface area contributed by atoms with Gasteiger partial charge in [0.15, 0.2) is 11.7 Å². The number of carbonyl (C=O) groups is 1. The van der Waals surface area contributed by atoms with E-state index in [1.54, 1.807) is 36.3 Å². The van der Waals surface area contributed by atoms with E-state index in [1.165, 1.54) is 7.11 Å². The molecule has 0 aliphatic carbocycles. The summed E-state index contributed by atoms with van der Waals surface area (Å²) in [6, 6.07) is 9.16. The molecule has 1 N–H and O–H groups in total. The molecule has 0 aliphatic rings. The molecule has 0 bridgehead atoms. The Labute approximate surface area is 137 Å². The minimum Gasteiger partial charge on any atom is -0.468 e. The Balaban J connectivity index is 2.14. The van der Waals surface area contributed by atoms with Crippen LogP contribution in [-0.4, -0.2) is 32.8 Å². The van der Waals surface area contributed by atoms with Gasteiger partial charge in [-0.2, -0.15) is 10.4 Å². The van der Waals surface area contributed by atoms with Gasteiger partial charge >= 0.3 is 5.97 Å². The number of hydrogen-bond donors (Lipinski definition) is 1. The monoisotopic (exact) mass is 322 g/mol. The molecule has 0 saturated carbocycles. The highest BCUT2D eigenvalue weighted by molar-refractivity contribution is 5.85. The number of nitrogens with one attached hydrogen (secondary N) is 1. The van der Waals surface area contributed by atoms with Crippen molar-refractivity contribution in [3.8, 4) is 6.07 Å². The quantitative estimate of drug-likeness (QED) is 0.731. The molecule has 0 radical (unpaired) electrons. The predicted molar refractivity (Wildman–Crippen MR) is 86.4 cm³/mol. The lowest BCUT2D eigenvalue weighted by atomic mass is 10.1. The normalized spacial score (nSPS) is 11.7. The van der Waals surface area contributed by atoms with Crippen LogP contribution in [0.2, 0.25) is 0 Å². The first-order valence-corrected chi connectivity index (χ1v) is 7.12. The molecule has 3 aromatic rings. The Bertz CT molecular complexity index is 943. The molecule has 8 nitrogen and oxygen atoms in total. The fourth-order valence-electron chi connectivity index (χ4n) is 2.27. The van der Waals surface area contributed by atoms with Crippen molar-refractivity contribution in [2.45, 2.75) is 5.92 Å². The molecule has 1 atom stereocenters. The van der Waals surface area contributed by atoms with Crippen molar-refractivity contribution in [2.75, 3.05) is 12.4 Å². The SMILES string of the molecule is COC(=O)[C@@H](C#N)c1nc2ccccc2nc1Nc1cnn(C)c1. The molecule has 0 spiro atoms. The summed E-state index contributed by atoms with van der Waals surface area (Å²) < 4.78 is 6.33. The van der Waals surface area contributed by atoms with Gasteiger partial charge in [-0.25, -0.2) is 9.97 Å². The number of anilines is 2. The van der Waals surface area contributed by atoms with E-state index < -0.39 is 11.9 Å². The van der Waals surface area contributed by atoms with Crippen LogP contribution in [0, 0.1) is 11.3 Å². The van der Waals surface area contributed by atoms with Crippen molar-refractivity contribution in [3.05, 3.63) is 42.4 Å². The van der Waals surface area contributed by atoms with Crippen molar-refractivity contribution < 1.29 is 9.53 Å². The van der Waals surface area contributed by atoms with Gasteiger partial charge in [0.05, 0.1) is 36.1 Å². The van der Waals surface area contributed by atoms with E-state index in [-0.39, 0.29) is 5.69 Å². The van der Waals surface area contributed by atoms with Crippen molar-refractivity contribution in [3.63, 3.8) is 0 Å². The molecule has 8 heteroatoms. The molecule has 2 aromatic heterocycles. The molecule has 3 rings (SSSR count). The number of nitriles is 1. The van der Waals surface area contributed by atoms with Crippen molar-refractivity contribution in [2.24, 2.45) is 7.05 Å². The van der Waals surface area contributed by atoms with Crippen LogP contribution >= 0.6 is 0 Å². The lowest BCUT2D eigenvalue weighted by Crippen LogP contribution is -2.16. The van der Waals surface area contributed by atoms with Gasteiger partial charge in [-0.15, -0.1) is 0 Å². The number of aryl methyl sites for hydroxylation is 1. The van der Waals surface area contributed by atoms with E-state index in [0.29, 0.717) is 22.5 Å². The van der Waals surface area contributed by atoms with Gasteiger partial charge in [-0.05, 0) is 12.1 Å². The highest BCUT2D eigenvalue weighted by atomic mass is 16.5. The molecule has 0 saturated heterocycles. The highest BCUT2D eigenvalue weighted by Crippen LogP contribution is 2.27. The van der Waals surface area contributed by atoms with Crippen LogP contribution in [0.25, 0.3) is 11.0 Å². The summed E-state index contributed by atoms with van der Waals surface area (Å²) >= 11 is 0. The third kappa shape index (κ3) is 2.87. The van der Waals surface area contributed by atoms with Gasteiger partial charge in [0.25, 0.3) is 0 Å². The Kier molecular flexibility index (Phi) is 4.07. The number of fused-ring (bicyclic) bond motifs is 1. The standard InChI is InChI=1S/C16H14N6O2/c1-22-9-10(8-18-22)19-15-14(11(7-17)16(23)24-2)20-12-5-3-4-6-13(12)21-15/h3-6,8-9,11H,1-2H3,(H,19,21)/t11-/m0/s1. The Hall–Kier alpha value is -3.47. The van der Waals surface area contributed by atoms with Gasteiger partial charge < -0.3 is 10.1 Å². The van der Waals surface area contributed by atoms with Gasteiger partial charge in [0.2, 0.25) is 0 Å². The van der Waals surface area contributed by atoms with E-state index in [1.807, 2.05) is 18.2 Å². The second-order valence-electron chi connectivity index (χ2n) is 5.06. The molecule has 120 valence electrons. The first-order valence-electron chi connectivity index (χ1n) is 7.12. The molecule has 24 heavy (non-hydrogen) atoms. The van der Waals surface area contributed by atoms with E-state index in [0.717, 1.165) is 0 Å². The van der Waals surface area contributed by atoms with Gasteiger partial charge in [0.1, 0.15) is 5.69 Å². The number of para-hydroxylation sites is 2. The smallest absolute Gasteiger partial charge is 0.329 e. The summed E-state index contributed by atoms with van der Waals surface area (Å²) in [5, 5.41) is 16.5. The average Bonchev–Trinajstić information content (AvgIpc) is 3.00. The number of ether oxygens (including phenoxy) is 1. The Morgan fingerprint density at radius 3 is 2.62 bits per heavy atom. The summed E-state index contributed by atoms with van der Waals surface area (Å²) in [7, 11) is 3.01. The highest BCUT2D eigenvalue weighted by Gasteiger charge is 2.27. The Morgan fingerprint density at radius 2 is 2.04 bits per heavy atom. The van der Waals surface area contributed by atoms with Crippen molar-refractivity contribution in [1.82, 2.24) is 19.7 Å². The summed E-state index contributed by atoms with van der Waals surface area (Å²) in [5.41, 5.74) is 2.12. The maximum absolute atomic E-state index is 11.9. The van der Waals surface area contributed by atoms with Crippen LogP contribution in [0.3, 0.4) is 0 Å². The van der Waals surface area contributed by atoms with Crippen molar-refractivity contribution in [1.29, 1.82) is 5.26 Å². The largest absolute Gasteiger partial charge is 0.468 e. The number of rotatable bonds is 4. The van der Waals surface area contributed by atoms with E-state index >= 15 is 0 Å². The number of carbonyl (C=O) groups excluding carboxylic acids is 1. The van der Waals surface area contributed by atoms with Crippen LogP contribution in [0.4, 0.5) is 11.5 Å². The van der Waals surface area contributed by atoms with E-state index in [2.05, 4.69) is 20.4 Å². The lowest BCUT2D eigenvalue weighted by molar-refractivity contribution is -0.141. The molecular formula is C16H14N6O2.